The summed E-state index contributed by atoms with van der Waals surface area (Å²) in [5.41, 5.74) is 1.92. The predicted octanol–water partition coefficient (Wildman–Crippen LogP) is 8.48. The highest BCUT2D eigenvalue weighted by Crippen LogP contribution is 2.50. The average Bonchev–Trinajstić information content (AvgIpc) is 2.79. The Hall–Kier alpha value is -1.58. The lowest BCUT2D eigenvalue weighted by Gasteiger charge is -2.22. The Bertz CT molecular complexity index is 612. The molecule has 4 nitrogen and oxygen atoms in total. The van der Waals surface area contributed by atoms with E-state index in [1.165, 1.54) is 44.9 Å². The fourth-order valence-electron chi connectivity index (χ4n) is 4.04. The highest BCUT2D eigenvalue weighted by Gasteiger charge is 2.25. The molecular formula is C28H50O4. The zero-order chi connectivity index (χ0) is 23.6. The van der Waals surface area contributed by atoms with Crippen molar-refractivity contribution in [3.8, 4) is 23.0 Å². The Kier molecular flexibility index (Phi) is 15.9. The summed E-state index contributed by atoms with van der Waals surface area (Å²) >= 11 is 0. The van der Waals surface area contributed by atoms with Gasteiger partial charge in [-0.2, -0.15) is 0 Å². The second-order valence-corrected chi connectivity index (χ2v) is 9.05. The molecule has 0 radical (unpaired) electrons. The van der Waals surface area contributed by atoms with Crippen LogP contribution in [0.15, 0.2) is 0 Å². The molecule has 32 heavy (non-hydrogen) atoms. The number of rotatable bonds is 20. The van der Waals surface area contributed by atoms with E-state index in [4.69, 9.17) is 9.47 Å². The van der Waals surface area contributed by atoms with E-state index in [2.05, 4.69) is 27.7 Å². The van der Waals surface area contributed by atoms with Gasteiger partial charge in [0.2, 0.25) is 11.5 Å². The van der Waals surface area contributed by atoms with Crippen molar-refractivity contribution in [2.24, 2.45) is 0 Å². The first-order chi connectivity index (χ1) is 15.6. The fourth-order valence-corrected chi connectivity index (χ4v) is 4.04. The lowest BCUT2D eigenvalue weighted by atomic mass is 9.93. The average molecular weight is 451 g/mol. The van der Waals surface area contributed by atoms with Crippen molar-refractivity contribution in [3.05, 3.63) is 11.1 Å². The van der Waals surface area contributed by atoms with Crippen molar-refractivity contribution in [2.75, 3.05) is 13.2 Å². The third-order valence-corrected chi connectivity index (χ3v) is 6.12. The van der Waals surface area contributed by atoms with Crippen molar-refractivity contribution in [2.45, 2.75) is 130 Å². The minimum atomic E-state index is -0.147. The van der Waals surface area contributed by atoms with Crippen molar-refractivity contribution in [1.82, 2.24) is 0 Å². The number of phenolic OH excluding ortho intramolecular Hbond substituents is 2. The number of ether oxygens (including phenoxy) is 2. The summed E-state index contributed by atoms with van der Waals surface area (Å²) < 4.78 is 12.2. The van der Waals surface area contributed by atoms with Crippen molar-refractivity contribution in [3.63, 3.8) is 0 Å². The van der Waals surface area contributed by atoms with Crippen LogP contribution in [-0.4, -0.2) is 23.4 Å². The van der Waals surface area contributed by atoms with Gasteiger partial charge in [-0.1, -0.05) is 91.9 Å². The van der Waals surface area contributed by atoms with Crippen molar-refractivity contribution >= 4 is 0 Å². The summed E-state index contributed by atoms with van der Waals surface area (Å²) in [6.45, 7) is 9.82. The molecule has 1 aromatic rings. The maximum absolute atomic E-state index is 11.0. The Morgan fingerprint density at radius 1 is 0.469 bits per heavy atom. The van der Waals surface area contributed by atoms with Gasteiger partial charge >= 0.3 is 0 Å². The fraction of sp³-hybridized carbons (Fsp3) is 0.786. The smallest absolute Gasteiger partial charge is 0.207 e. The van der Waals surface area contributed by atoms with Gasteiger partial charge < -0.3 is 19.7 Å². The summed E-state index contributed by atoms with van der Waals surface area (Å²) in [7, 11) is 0. The van der Waals surface area contributed by atoms with Gasteiger partial charge in [0.25, 0.3) is 0 Å². The summed E-state index contributed by atoms with van der Waals surface area (Å²) in [4.78, 5) is 0. The molecule has 0 atom stereocenters. The topological polar surface area (TPSA) is 58.9 Å². The molecule has 0 aromatic heterocycles. The largest absolute Gasteiger partial charge is 0.504 e. The van der Waals surface area contributed by atoms with Crippen LogP contribution in [0.1, 0.15) is 129 Å². The molecule has 0 saturated heterocycles. The number of aromatic hydroxyl groups is 2. The van der Waals surface area contributed by atoms with Crippen LogP contribution in [0.4, 0.5) is 0 Å². The van der Waals surface area contributed by atoms with Gasteiger partial charge in [-0.15, -0.1) is 0 Å². The number of benzene rings is 1. The van der Waals surface area contributed by atoms with E-state index in [9.17, 15) is 10.2 Å². The van der Waals surface area contributed by atoms with Crippen LogP contribution in [0.3, 0.4) is 0 Å². The van der Waals surface area contributed by atoms with Gasteiger partial charge in [0, 0.05) is 11.1 Å². The molecule has 0 amide bonds. The first-order valence-electron chi connectivity index (χ1n) is 13.5. The van der Waals surface area contributed by atoms with E-state index in [-0.39, 0.29) is 11.5 Å². The normalized spacial score (nSPS) is 11.1. The molecule has 0 spiro atoms. The second kappa shape index (κ2) is 17.9. The highest BCUT2D eigenvalue weighted by atomic mass is 16.5. The SMILES string of the molecule is CCCCCCCc1c(O)c(O)c(OCCCC)c(OCCCC)c1CCCCCCC. The molecule has 0 heterocycles. The number of hydrogen-bond donors (Lipinski definition) is 2. The molecule has 1 rings (SSSR count). The van der Waals surface area contributed by atoms with E-state index in [1.54, 1.807) is 0 Å². The summed E-state index contributed by atoms with van der Waals surface area (Å²) in [6.07, 6.45) is 17.3. The Morgan fingerprint density at radius 3 is 1.41 bits per heavy atom. The van der Waals surface area contributed by atoms with Gasteiger partial charge in [0.15, 0.2) is 11.5 Å². The Balaban J connectivity index is 3.22. The van der Waals surface area contributed by atoms with Crippen molar-refractivity contribution in [1.29, 1.82) is 0 Å². The maximum Gasteiger partial charge on any atom is 0.207 e. The van der Waals surface area contributed by atoms with Gasteiger partial charge in [-0.05, 0) is 38.5 Å². The molecule has 0 aliphatic rings. The van der Waals surface area contributed by atoms with E-state index in [0.717, 1.165) is 68.9 Å². The van der Waals surface area contributed by atoms with E-state index in [1.807, 2.05) is 0 Å². The van der Waals surface area contributed by atoms with Crippen LogP contribution in [-0.2, 0) is 12.8 Å². The van der Waals surface area contributed by atoms with E-state index < -0.39 is 0 Å². The quantitative estimate of drug-likeness (QED) is 0.154. The number of phenols is 2. The Labute approximate surface area is 197 Å². The molecule has 0 fully saturated rings. The molecule has 2 N–H and O–H groups in total. The standard InChI is InChI=1S/C28H50O4/c1-5-9-13-15-17-19-23-24(20-18-16-14-10-6-2)27(31-21-11-7-3)28(26(30)25(23)29)32-22-12-8-4/h29-30H,5-22H2,1-4H3. The van der Waals surface area contributed by atoms with Gasteiger partial charge in [0.05, 0.1) is 13.2 Å². The first kappa shape index (κ1) is 28.5. The molecule has 0 unspecified atom stereocenters. The van der Waals surface area contributed by atoms with Crippen LogP contribution in [0.5, 0.6) is 23.0 Å². The van der Waals surface area contributed by atoms with Crippen LogP contribution in [0, 0.1) is 0 Å². The molecule has 0 aliphatic heterocycles. The zero-order valence-corrected chi connectivity index (χ0v) is 21.4. The third-order valence-electron chi connectivity index (χ3n) is 6.12. The van der Waals surface area contributed by atoms with Gasteiger partial charge in [0.1, 0.15) is 0 Å². The monoisotopic (exact) mass is 450 g/mol. The zero-order valence-electron chi connectivity index (χ0n) is 21.4. The first-order valence-corrected chi connectivity index (χ1v) is 13.5. The lowest BCUT2D eigenvalue weighted by Crippen LogP contribution is -2.08. The molecular weight excluding hydrogens is 400 g/mol. The maximum atomic E-state index is 11.0. The summed E-state index contributed by atoms with van der Waals surface area (Å²) in [5, 5.41) is 21.8. The Morgan fingerprint density at radius 2 is 0.906 bits per heavy atom. The van der Waals surface area contributed by atoms with Crippen LogP contribution in [0.2, 0.25) is 0 Å². The van der Waals surface area contributed by atoms with Crippen LogP contribution in [0.25, 0.3) is 0 Å². The minimum absolute atomic E-state index is 0.00149. The lowest BCUT2D eigenvalue weighted by molar-refractivity contribution is 0.245. The van der Waals surface area contributed by atoms with Crippen LogP contribution >= 0.6 is 0 Å². The second-order valence-electron chi connectivity index (χ2n) is 9.05. The van der Waals surface area contributed by atoms with Crippen molar-refractivity contribution < 1.29 is 19.7 Å². The number of hydrogen-bond acceptors (Lipinski definition) is 4. The molecule has 0 aliphatic carbocycles. The molecule has 186 valence electrons. The minimum Gasteiger partial charge on any atom is -0.504 e. The summed E-state index contributed by atoms with van der Waals surface area (Å²) in [5.74, 6) is 0.860. The summed E-state index contributed by atoms with van der Waals surface area (Å²) in [6, 6.07) is 0. The molecule has 0 saturated carbocycles. The predicted molar refractivity (Wildman–Crippen MR) is 136 cm³/mol. The van der Waals surface area contributed by atoms with Gasteiger partial charge in [-0.3, -0.25) is 0 Å². The van der Waals surface area contributed by atoms with E-state index >= 15 is 0 Å². The van der Waals surface area contributed by atoms with Gasteiger partial charge in [-0.25, -0.2) is 0 Å². The molecule has 0 bridgehead atoms. The third kappa shape index (κ3) is 9.92. The number of unbranched alkanes of at least 4 members (excludes halogenated alkanes) is 10. The molecule has 4 heteroatoms. The van der Waals surface area contributed by atoms with Crippen LogP contribution < -0.4 is 9.47 Å². The molecule has 1 aromatic carbocycles. The van der Waals surface area contributed by atoms with E-state index in [0.29, 0.717) is 24.7 Å². The highest BCUT2D eigenvalue weighted by molar-refractivity contribution is 5.66.